The molecule has 1 heterocycles. The Balaban J connectivity index is 1.96. The SMILES string of the molecule is CCOc1cc(C(=O)Nc2c(C)n(C)n(-c3ccccc3)c2=O)ccc1C. The molecule has 0 aliphatic heterocycles. The molecule has 1 amide bonds. The normalized spacial score (nSPS) is 10.7. The molecule has 3 rings (SSSR count). The zero-order valence-corrected chi connectivity index (χ0v) is 15.9. The number of benzene rings is 2. The van der Waals surface area contributed by atoms with Crippen LogP contribution < -0.4 is 15.6 Å². The van der Waals surface area contributed by atoms with Gasteiger partial charge in [-0.15, -0.1) is 0 Å². The number of carbonyl (C=O) groups is 1. The Kier molecular flexibility index (Phi) is 5.16. The van der Waals surface area contributed by atoms with E-state index < -0.39 is 0 Å². The highest BCUT2D eigenvalue weighted by atomic mass is 16.5. The first-order chi connectivity index (χ1) is 12.9. The van der Waals surface area contributed by atoms with Crippen molar-refractivity contribution in [2.75, 3.05) is 11.9 Å². The van der Waals surface area contributed by atoms with Crippen molar-refractivity contribution in [2.45, 2.75) is 20.8 Å². The molecule has 6 heteroatoms. The summed E-state index contributed by atoms with van der Waals surface area (Å²) in [6.07, 6.45) is 0. The van der Waals surface area contributed by atoms with E-state index in [1.807, 2.05) is 50.2 Å². The number of nitrogens with zero attached hydrogens (tertiary/aromatic N) is 2. The van der Waals surface area contributed by atoms with Gasteiger partial charge in [0.15, 0.2) is 0 Å². The third kappa shape index (κ3) is 3.51. The molecule has 1 aromatic heterocycles. The van der Waals surface area contributed by atoms with E-state index in [1.165, 1.54) is 4.68 Å². The van der Waals surface area contributed by atoms with Crippen molar-refractivity contribution in [1.82, 2.24) is 9.36 Å². The standard InChI is InChI=1S/C21H23N3O3/c1-5-27-18-13-16(12-11-14(18)2)20(25)22-19-15(3)23(4)24(21(19)26)17-9-7-6-8-10-17/h6-13H,5H2,1-4H3,(H,22,25). The van der Waals surface area contributed by atoms with E-state index in [0.29, 0.717) is 23.6 Å². The van der Waals surface area contributed by atoms with Gasteiger partial charge in [-0.25, -0.2) is 4.68 Å². The van der Waals surface area contributed by atoms with Gasteiger partial charge in [0, 0.05) is 12.6 Å². The van der Waals surface area contributed by atoms with Crippen molar-refractivity contribution in [3.05, 3.63) is 75.7 Å². The van der Waals surface area contributed by atoms with E-state index in [4.69, 9.17) is 4.74 Å². The van der Waals surface area contributed by atoms with Gasteiger partial charge in [0.05, 0.1) is 18.0 Å². The first-order valence-electron chi connectivity index (χ1n) is 8.82. The molecule has 27 heavy (non-hydrogen) atoms. The van der Waals surface area contributed by atoms with Crippen LogP contribution in [0.25, 0.3) is 5.69 Å². The average Bonchev–Trinajstić information content (AvgIpc) is 2.87. The molecule has 0 unspecified atom stereocenters. The van der Waals surface area contributed by atoms with E-state index in [2.05, 4.69) is 5.32 Å². The molecule has 1 N–H and O–H groups in total. The minimum atomic E-state index is -0.345. The molecule has 0 saturated carbocycles. The fourth-order valence-corrected chi connectivity index (χ4v) is 2.95. The van der Waals surface area contributed by atoms with Crippen molar-refractivity contribution in [1.29, 1.82) is 0 Å². The Hall–Kier alpha value is -3.28. The lowest BCUT2D eigenvalue weighted by Crippen LogP contribution is -2.23. The van der Waals surface area contributed by atoms with Crippen molar-refractivity contribution in [3.8, 4) is 11.4 Å². The number of para-hydroxylation sites is 1. The molecular formula is C21H23N3O3. The largest absolute Gasteiger partial charge is 0.494 e. The molecule has 140 valence electrons. The fourth-order valence-electron chi connectivity index (χ4n) is 2.95. The molecule has 0 aliphatic rings. The summed E-state index contributed by atoms with van der Waals surface area (Å²) >= 11 is 0. The van der Waals surface area contributed by atoms with E-state index in [-0.39, 0.29) is 17.2 Å². The van der Waals surface area contributed by atoms with Gasteiger partial charge in [-0.05, 0) is 50.6 Å². The highest BCUT2D eigenvalue weighted by Crippen LogP contribution is 2.21. The third-order valence-electron chi connectivity index (χ3n) is 4.54. The van der Waals surface area contributed by atoms with E-state index in [1.54, 1.807) is 30.8 Å². The van der Waals surface area contributed by atoms with Crippen LogP contribution in [-0.4, -0.2) is 21.9 Å². The second-order valence-corrected chi connectivity index (χ2v) is 6.30. The Bertz CT molecular complexity index is 1030. The molecule has 0 fully saturated rings. The Morgan fingerprint density at radius 1 is 1.11 bits per heavy atom. The lowest BCUT2D eigenvalue weighted by molar-refractivity contribution is 0.102. The quantitative estimate of drug-likeness (QED) is 0.753. The van der Waals surface area contributed by atoms with Crippen molar-refractivity contribution < 1.29 is 9.53 Å². The van der Waals surface area contributed by atoms with Crippen molar-refractivity contribution in [3.63, 3.8) is 0 Å². The topological polar surface area (TPSA) is 65.3 Å². The second-order valence-electron chi connectivity index (χ2n) is 6.30. The number of ether oxygens (including phenoxy) is 1. The number of rotatable bonds is 5. The highest BCUT2D eigenvalue weighted by molar-refractivity contribution is 6.04. The number of aromatic nitrogens is 2. The molecule has 3 aromatic rings. The van der Waals surface area contributed by atoms with Gasteiger partial charge in [0.1, 0.15) is 11.4 Å². The summed E-state index contributed by atoms with van der Waals surface area (Å²) in [4.78, 5) is 25.6. The summed E-state index contributed by atoms with van der Waals surface area (Å²) in [5.41, 5.74) is 2.81. The summed E-state index contributed by atoms with van der Waals surface area (Å²) in [5.74, 6) is 0.318. The first-order valence-corrected chi connectivity index (χ1v) is 8.82. The summed E-state index contributed by atoms with van der Waals surface area (Å²) in [7, 11) is 1.79. The van der Waals surface area contributed by atoms with Crippen LogP contribution in [0.2, 0.25) is 0 Å². The third-order valence-corrected chi connectivity index (χ3v) is 4.54. The molecule has 0 atom stereocenters. The number of hydrogen-bond acceptors (Lipinski definition) is 3. The van der Waals surface area contributed by atoms with Crippen LogP contribution in [-0.2, 0) is 7.05 Å². The smallest absolute Gasteiger partial charge is 0.295 e. The van der Waals surface area contributed by atoms with Gasteiger partial charge in [-0.2, -0.15) is 0 Å². The maximum atomic E-state index is 12.9. The zero-order valence-electron chi connectivity index (χ0n) is 15.9. The molecule has 0 spiro atoms. The van der Waals surface area contributed by atoms with Gasteiger partial charge in [0.2, 0.25) is 0 Å². The first kappa shape index (κ1) is 18.5. The summed E-state index contributed by atoms with van der Waals surface area (Å²) in [6, 6.07) is 14.6. The molecule has 2 aromatic carbocycles. The summed E-state index contributed by atoms with van der Waals surface area (Å²) < 4.78 is 8.82. The maximum Gasteiger partial charge on any atom is 0.295 e. The number of aryl methyl sites for hydroxylation is 1. The monoisotopic (exact) mass is 365 g/mol. The molecule has 0 saturated heterocycles. The van der Waals surface area contributed by atoms with Gasteiger partial charge in [-0.1, -0.05) is 24.3 Å². The lowest BCUT2D eigenvalue weighted by Gasteiger charge is -2.09. The minimum Gasteiger partial charge on any atom is -0.494 e. The lowest BCUT2D eigenvalue weighted by atomic mass is 10.1. The number of hydrogen-bond donors (Lipinski definition) is 1. The molecular weight excluding hydrogens is 342 g/mol. The average molecular weight is 365 g/mol. The van der Waals surface area contributed by atoms with Crippen molar-refractivity contribution in [2.24, 2.45) is 7.05 Å². The number of anilines is 1. The predicted octanol–water partition coefficient (Wildman–Crippen LogP) is 3.44. The Labute approximate surface area is 158 Å². The Morgan fingerprint density at radius 2 is 1.81 bits per heavy atom. The zero-order chi connectivity index (χ0) is 19.6. The van der Waals surface area contributed by atoms with Crippen LogP contribution in [0.3, 0.4) is 0 Å². The summed E-state index contributed by atoms with van der Waals surface area (Å²) in [6.45, 7) is 6.14. The predicted molar refractivity (Wildman–Crippen MR) is 106 cm³/mol. The van der Waals surface area contributed by atoms with Crippen LogP contribution in [0.15, 0.2) is 53.3 Å². The fraction of sp³-hybridized carbons (Fsp3) is 0.238. The van der Waals surface area contributed by atoms with Crippen LogP contribution >= 0.6 is 0 Å². The number of amides is 1. The molecule has 0 bridgehead atoms. The highest BCUT2D eigenvalue weighted by Gasteiger charge is 2.19. The summed E-state index contributed by atoms with van der Waals surface area (Å²) in [5, 5.41) is 2.77. The van der Waals surface area contributed by atoms with Gasteiger partial charge in [-0.3, -0.25) is 14.3 Å². The van der Waals surface area contributed by atoms with E-state index in [0.717, 1.165) is 11.3 Å². The van der Waals surface area contributed by atoms with Gasteiger partial charge < -0.3 is 10.1 Å². The second kappa shape index (κ2) is 7.53. The van der Waals surface area contributed by atoms with Crippen LogP contribution in [0, 0.1) is 13.8 Å². The maximum absolute atomic E-state index is 12.9. The van der Waals surface area contributed by atoms with Crippen LogP contribution in [0.5, 0.6) is 5.75 Å². The van der Waals surface area contributed by atoms with E-state index in [9.17, 15) is 9.59 Å². The molecule has 0 radical (unpaired) electrons. The molecule has 0 aliphatic carbocycles. The van der Waals surface area contributed by atoms with Crippen molar-refractivity contribution >= 4 is 11.6 Å². The number of carbonyl (C=O) groups excluding carboxylic acids is 1. The van der Waals surface area contributed by atoms with Gasteiger partial charge in [0.25, 0.3) is 11.5 Å². The minimum absolute atomic E-state index is 0.268. The number of nitrogens with one attached hydrogen (secondary N) is 1. The Morgan fingerprint density at radius 3 is 2.48 bits per heavy atom. The van der Waals surface area contributed by atoms with Crippen LogP contribution in [0.1, 0.15) is 28.5 Å². The molecule has 6 nitrogen and oxygen atoms in total. The van der Waals surface area contributed by atoms with Crippen LogP contribution in [0.4, 0.5) is 5.69 Å². The van der Waals surface area contributed by atoms with E-state index >= 15 is 0 Å². The van der Waals surface area contributed by atoms with Gasteiger partial charge >= 0.3 is 0 Å².